The second kappa shape index (κ2) is 9.99. The van der Waals surface area contributed by atoms with Crippen LogP contribution in [0.3, 0.4) is 0 Å². The molecule has 3 aliphatic rings. The van der Waals surface area contributed by atoms with Gasteiger partial charge in [-0.1, -0.05) is 12.1 Å². The highest BCUT2D eigenvalue weighted by atomic mass is 19.1. The lowest BCUT2D eigenvalue weighted by Crippen LogP contribution is -2.52. The largest absolute Gasteiger partial charge is 0.381 e. The van der Waals surface area contributed by atoms with Crippen molar-refractivity contribution < 1.29 is 33.1 Å². The van der Waals surface area contributed by atoms with Gasteiger partial charge in [0, 0.05) is 69.7 Å². The van der Waals surface area contributed by atoms with Crippen LogP contribution in [0.2, 0.25) is 0 Å². The van der Waals surface area contributed by atoms with Crippen molar-refractivity contribution in [1.82, 2.24) is 15.1 Å². The fourth-order valence-electron chi connectivity index (χ4n) is 4.66. The van der Waals surface area contributed by atoms with Crippen molar-refractivity contribution in [2.75, 3.05) is 18.4 Å². The number of morpholine rings is 1. The zero-order valence-corrected chi connectivity index (χ0v) is 19.9. The van der Waals surface area contributed by atoms with Gasteiger partial charge in [0.25, 0.3) is 5.91 Å². The lowest BCUT2D eigenvalue weighted by atomic mass is 10.0. The Balaban J connectivity index is 1.40. The van der Waals surface area contributed by atoms with Crippen LogP contribution in [0.25, 0.3) is 0 Å². The number of imide groups is 1. The molecule has 3 unspecified atom stereocenters. The molecule has 2 fully saturated rings. The Kier molecular flexibility index (Phi) is 4.77. The normalized spacial score (nSPS) is 32.7. The minimum Gasteiger partial charge on any atom is -0.381 e. The van der Waals surface area contributed by atoms with E-state index in [1.54, 1.807) is 16.3 Å². The summed E-state index contributed by atoms with van der Waals surface area (Å²) in [5, 5.41) is 4.71. The number of ether oxygens (including phenoxy) is 1. The summed E-state index contributed by atoms with van der Waals surface area (Å²) >= 11 is 0. The first-order valence-corrected chi connectivity index (χ1v) is 11.7. The molecule has 8 nitrogen and oxygen atoms in total. The van der Waals surface area contributed by atoms with E-state index < -0.39 is 55.3 Å². The molecule has 3 aliphatic heterocycles. The number of anilines is 1. The standard InChI is InChI=1S/C27H31FN4O4/c1-16-12-31(13-17(2)36-16)14-18-6-7-22(28)19(10-18)11-29-23-5-3-4-20-21(23)15-32(27(20)35)24-8-9-25(33)30-26(24)34/h3-7,10,16-17,24,29H,8-9,11-15H2,1-2H3,(H,30,33,34)/i8D2,9D2,14D2,24D. The van der Waals surface area contributed by atoms with E-state index in [1.165, 1.54) is 30.3 Å². The number of benzene rings is 2. The number of piperidine rings is 1. The second-order valence-corrected chi connectivity index (χ2v) is 9.04. The molecule has 3 amide bonds. The Hall–Kier alpha value is -3.30. The van der Waals surface area contributed by atoms with E-state index in [4.69, 9.17) is 14.3 Å². The highest BCUT2D eigenvalue weighted by Crippen LogP contribution is 2.32. The topological polar surface area (TPSA) is 91.0 Å². The molecule has 2 aromatic rings. The maximum atomic E-state index is 14.9. The van der Waals surface area contributed by atoms with Gasteiger partial charge in [0.15, 0.2) is 0 Å². The summed E-state index contributed by atoms with van der Waals surface area (Å²) < 4.78 is 79.3. The number of rotatable bonds is 6. The monoisotopic (exact) mass is 501 g/mol. The van der Waals surface area contributed by atoms with Gasteiger partial charge in [-0.05, 0) is 50.0 Å². The number of fused-ring (bicyclic) bond motifs is 1. The number of nitrogens with zero attached hydrogens (tertiary/aromatic N) is 2. The van der Waals surface area contributed by atoms with Crippen LogP contribution in [0, 0.1) is 5.82 Å². The molecular weight excluding hydrogens is 463 g/mol. The molecular formula is C27H31FN4O4. The van der Waals surface area contributed by atoms with Gasteiger partial charge >= 0.3 is 0 Å². The molecule has 2 aromatic carbocycles. The number of carbonyl (C=O) groups excluding carboxylic acids is 3. The molecule has 2 saturated heterocycles. The summed E-state index contributed by atoms with van der Waals surface area (Å²) in [7, 11) is 0. The van der Waals surface area contributed by atoms with Gasteiger partial charge in [-0.25, -0.2) is 4.39 Å². The molecule has 190 valence electrons. The summed E-state index contributed by atoms with van der Waals surface area (Å²) in [6, 6.07) is 5.36. The first-order valence-electron chi connectivity index (χ1n) is 15.2. The van der Waals surface area contributed by atoms with Crippen LogP contribution in [-0.4, -0.2) is 58.8 Å². The minimum atomic E-state index is -3.40. The van der Waals surface area contributed by atoms with Crippen LogP contribution < -0.4 is 10.6 Å². The summed E-state index contributed by atoms with van der Waals surface area (Å²) in [5.41, 5.74) is 0.997. The highest BCUT2D eigenvalue weighted by molar-refractivity contribution is 6.06. The fraction of sp³-hybridized carbons (Fsp3) is 0.444. The molecule has 0 bridgehead atoms. The Morgan fingerprint density at radius 3 is 2.78 bits per heavy atom. The third kappa shape index (κ3) is 4.99. The summed E-state index contributed by atoms with van der Waals surface area (Å²) in [4.78, 5) is 40.4. The van der Waals surface area contributed by atoms with Crippen molar-refractivity contribution >= 4 is 23.4 Å². The van der Waals surface area contributed by atoms with Crippen molar-refractivity contribution in [1.29, 1.82) is 0 Å². The molecule has 36 heavy (non-hydrogen) atoms. The van der Waals surface area contributed by atoms with E-state index in [1.807, 2.05) is 13.8 Å². The van der Waals surface area contributed by atoms with E-state index in [9.17, 15) is 18.8 Å². The van der Waals surface area contributed by atoms with Crippen molar-refractivity contribution in [3.8, 4) is 0 Å². The van der Waals surface area contributed by atoms with Crippen molar-refractivity contribution in [3.05, 3.63) is 64.5 Å². The molecule has 0 radical (unpaired) electrons. The van der Waals surface area contributed by atoms with Gasteiger partial charge in [-0.3, -0.25) is 24.6 Å². The summed E-state index contributed by atoms with van der Waals surface area (Å²) in [5.74, 6) is -4.51. The van der Waals surface area contributed by atoms with E-state index in [0.29, 0.717) is 23.7 Å². The molecule has 2 N–H and O–H groups in total. The predicted octanol–water partition coefficient (Wildman–Crippen LogP) is 2.81. The molecule has 3 heterocycles. The van der Waals surface area contributed by atoms with Gasteiger partial charge in [0.1, 0.15) is 11.8 Å². The zero-order chi connectivity index (χ0) is 31.7. The lowest BCUT2D eigenvalue weighted by Gasteiger charge is -2.35. The van der Waals surface area contributed by atoms with Crippen LogP contribution in [0.1, 0.15) is 63.2 Å². The first kappa shape index (κ1) is 17.2. The minimum absolute atomic E-state index is 0.0267. The highest BCUT2D eigenvalue weighted by Gasteiger charge is 2.39. The van der Waals surface area contributed by atoms with E-state index in [0.717, 1.165) is 0 Å². The second-order valence-electron chi connectivity index (χ2n) is 9.04. The van der Waals surface area contributed by atoms with Gasteiger partial charge in [-0.15, -0.1) is 0 Å². The van der Waals surface area contributed by atoms with Crippen molar-refractivity contribution in [3.63, 3.8) is 0 Å². The predicted molar refractivity (Wildman–Crippen MR) is 131 cm³/mol. The van der Waals surface area contributed by atoms with Gasteiger partial charge in [0.05, 0.1) is 13.6 Å². The number of hydrogen-bond acceptors (Lipinski definition) is 6. The fourth-order valence-corrected chi connectivity index (χ4v) is 4.66. The Labute approximate surface area is 219 Å². The van der Waals surface area contributed by atoms with Gasteiger partial charge in [-0.2, -0.15) is 0 Å². The zero-order valence-electron chi connectivity index (χ0n) is 26.9. The third-order valence-corrected chi connectivity index (χ3v) is 6.20. The number of carbonyl (C=O) groups is 3. The van der Waals surface area contributed by atoms with Gasteiger partial charge in [0.2, 0.25) is 11.8 Å². The number of halogens is 1. The molecule has 0 saturated carbocycles. The quantitative estimate of drug-likeness (QED) is 0.592. The smallest absolute Gasteiger partial charge is 0.255 e. The Morgan fingerprint density at radius 2 is 2.00 bits per heavy atom. The van der Waals surface area contributed by atoms with Crippen LogP contribution in [-0.2, 0) is 33.9 Å². The summed E-state index contributed by atoms with van der Waals surface area (Å²) in [6.45, 7) is 1.92. The number of nitrogens with one attached hydrogen (secondary N) is 2. The van der Waals surface area contributed by atoms with Crippen LogP contribution in [0.4, 0.5) is 10.1 Å². The van der Waals surface area contributed by atoms with Crippen molar-refractivity contribution in [2.45, 2.75) is 64.4 Å². The maximum Gasteiger partial charge on any atom is 0.255 e. The van der Waals surface area contributed by atoms with Crippen molar-refractivity contribution in [2.24, 2.45) is 0 Å². The van der Waals surface area contributed by atoms with E-state index in [-0.39, 0.29) is 41.0 Å². The Bertz CT molecular complexity index is 1500. The maximum absolute atomic E-state index is 14.9. The molecule has 9 heteroatoms. The van der Waals surface area contributed by atoms with Crippen LogP contribution >= 0.6 is 0 Å². The number of amides is 3. The average Bonchev–Trinajstić information content (AvgIpc) is 3.27. The molecule has 0 aromatic heterocycles. The number of hydrogen-bond donors (Lipinski definition) is 2. The molecule has 0 aliphatic carbocycles. The SMILES string of the molecule is [2H]C([2H])(c1ccc(F)c(CNc2cccc3c2CN(C2([2H])C(=O)NC(=O)C([2H])([2H])C2([2H])[2H])C3=O)c1)N1CC(C)OC(C)C1. The first-order chi connectivity index (χ1) is 19.9. The summed E-state index contributed by atoms with van der Waals surface area (Å²) in [6.07, 6.45) is -7.05. The van der Waals surface area contributed by atoms with Crippen LogP contribution in [0.15, 0.2) is 36.4 Å². The third-order valence-electron chi connectivity index (χ3n) is 6.20. The lowest BCUT2D eigenvalue weighted by molar-refractivity contribution is -0.136. The Morgan fingerprint density at radius 1 is 1.22 bits per heavy atom. The van der Waals surface area contributed by atoms with Gasteiger partial charge < -0.3 is 15.0 Å². The average molecular weight is 502 g/mol. The van der Waals surface area contributed by atoms with E-state index >= 15 is 0 Å². The molecule has 0 spiro atoms. The molecule has 3 atom stereocenters. The molecule has 5 rings (SSSR count). The van der Waals surface area contributed by atoms with Crippen LogP contribution in [0.5, 0.6) is 0 Å². The van der Waals surface area contributed by atoms with E-state index in [2.05, 4.69) is 5.32 Å².